The molecule has 10 heteroatoms. The van der Waals surface area contributed by atoms with Gasteiger partial charge in [-0.1, -0.05) is 41.0 Å². The second-order valence-corrected chi connectivity index (χ2v) is 8.65. The van der Waals surface area contributed by atoms with Crippen LogP contribution in [0.5, 0.6) is 0 Å². The van der Waals surface area contributed by atoms with Crippen molar-refractivity contribution in [3.63, 3.8) is 0 Å². The van der Waals surface area contributed by atoms with Gasteiger partial charge in [0.25, 0.3) is 5.89 Å². The summed E-state index contributed by atoms with van der Waals surface area (Å²) in [6.07, 6.45) is 1.48. The maximum absolute atomic E-state index is 13.5. The molecule has 3 heterocycles. The third kappa shape index (κ3) is 4.48. The molecule has 8 nitrogen and oxygen atoms in total. The highest BCUT2D eigenvalue weighted by atomic mass is 35.5. The number of aryl methyl sites for hydroxylation is 2. The molecule has 0 aliphatic heterocycles. The van der Waals surface area contributed by atoms with E-state index in [1.807, 2.05) is 31.2 Å². The quantitative estimate of drug-likeness (QED) is 0.355. The van der Waals surface area contributed by atoms with Crippen molar-refractivity contribution in [1.29, 1.82) is 0 Å². The Hall–Kier alpha value is -4.37. The summed E-state index contributed by atoms with van der Waals surface area (Å²) in [5, 5.41) is 6.91. The van der Waals surface area contributed by atoms with E-state index in [0.717, 1.165) is 17.2 Å². The lowest BCUT2D eigenvalue weighted by atomic mass is 10.1. The summed E-state index contributed by atoms with van der Waals surface area (Å²) >= 11 is 5.82. The van der Waals surface area contributed by atoms with Gasteiger partial charge in [0.2, 0.25) is 17.2 Å². The Morgan fingerprint density at radius 3 is 2.67 bits per heavy atom. The van der Waals surface area contributed by atoms with Gasteiger partial charge < -0.3 is 14.4 Å². The molecule has 36 heavy (non-hydrogen) atoms. The van der Waals surface area contributed by atoms with Crippen molar-refractivity contribution in [2.75, 3.05) is 5.32 Å². The van der Waals surface area contributed by atoms with Crippen molar-refractivity contribution >= 4 is 34.2 Å². The van der Waals surface area contributed by atoms with Gasteiger partial charge in [-0.2, -0.15) is 4.98 Å². The molecule has 180 valence electrons. The molecule has 5 aromatic rings. The van der Waals surface area contributed by atoms with Gasteiger partial charge in [0.05, 0.1) is 10.4 Å². The third-order valence-electron chi connectivity index (χ3n) is 5.62. The van der Waals surface area contributed by atoms with Crippen LogP contribution in [0.1, 0.15) is 11.3 Å². The zero-order valence-corrected chi connectivity index (χ0v) is 20.0. The van der Waals surface area contributed by atoms with Crippen molar-refractivity contribution in [3.05, 3.63) is 93.1 Å². The highest BCUT2D eigenvalue weighted by Gasteiger charge is 2.20. The van der Waals surface area contributed by atoms with Crippen molar-refractivity contribution in [3.8, 4) is 22.8 Å². The summed E-state index contributed by atoms with van der Waals surface area (Å²) in [6.45, 7) is 3.53. The molecule has 0 fully saturated rings. The highest BCUT2D eigenvalue weighted by molar-refractivity contribution is 6.31. The van der Waals surface area contributed by atoms with Crippen LogP contribution in [-0.2, 0) is 11.3 Å². The van der Waals surface area contributed by atoms with Crippen LogP contribution >= 0.6 is 11.6 Å². The Bertz CT molecular complexity index is 1700. The van der Waals surface area contributed by atoms with E-state index in [4.69, 9.17) is 16.1 Å². The minimum atomic E-state index is -0.588. The van der Waals surface area contributed by atoms with Crippen LogP contribution in [0.2, 0.25) is 5.02 Å². The summed E-state index contributed by atoms with van der Waals surface area (Å²) in [7, 11) is 0. The van der Waals surface area contributed by atoms with Crippen molar-refractivity contribution in [1.82, 2.24) is 19.7 Å². The summed E-state index contributed by atoms with van der Waals surface area (Å²) in [4.78, 5) is 35.1. The normalized spacial score (nSPS) is 11.1. The molecule has 0 bridgehead atoms. The van der Waals surface area contributed by atoms with Gasteiger partial charge in [0.1, 0.15) is 23.6 Å². The molecule has 0 atom stereocenters. The number of fused-ring (bicyclic) bond motifs is 1. The Labute approximate surface area is 209 Å². The number of anilines is 1. The lowest BCUT2D eigenvalue weighted by molar-refractivity contribution is -0.116. The van der Waals surface area contributed by atoms with Gasteiger partial charge in [-0.25, -0.2) is 9.37 Å². The summed E-state index contributed by atoms with van der Waals surface area (Å²) in [6, 6.07) is 14.8. The average Bonchev–Trinajstić information content (AvgIpc) is 3.33. The lowest BCUT2D eigenvalue weighted by Crippen LogP contribution is -2.22. The molecule has 1 N–H and O–H groups in total. The van der Waals surface area contributed by atoms with Gasteiger partial charge in [0, 0.05) is 23.1 Å². The first kappa shape index (κ1) is 23.4. The Balaban J connectivity index is 1.55. The number of nitrogens with zero attached hydrogens (tertiary/aromatic N) is 4. The largest absolute Gasteiger partial charge is 0.333 e. The number of hydrogen-bond donors (Lipinski definition) is 1. The number of carbonyl (C=O) groups is 1. The molecule has 0 aliphatic carbocycles. The number of benzene rings is 2. The number of halogens is 2. The number of nitrogens with one attached hydrogen (secondary N) is 1. The number of amides is 1. The fourth-order valence-corrected chi connectivity index (χ4v) is 4.01. The van der Waals surface area contributed by atoms with Crippen LogP contribution in [0.25, 0.3) is 33.9 Å². The van der Waals surface area contributed by atoms with E-state index in [1.165, 1.54) is 22.9 Å². The zero-order valence-electron chi connectivity index (χ0n) is 19.3. The predicted molar refractivity (Wildman–Crippen MR) is 134 cm³/mol. The second kappa shape index (κ2) is 9.35. The Morgan fingerprint density at radius 1 is 1.08 bits per heavy atom. The van der Waals surface area contributed by atoms with E-state index >= 15 is 0 Å². The monoisotopic (exact) mass is 503 g/mol. The van der Waals surface area contributed by atoms with Crippen LogP contribution < -0.4 is 10.7 Å². The molecule has 0 saturated heterocycles. The van der Waals surface area contributed by atoms with Gasteiger partial charge in [-0.15, -0.1) is 0 Å². The van der Waals surface area contributed by atoms with Gasteiger partial charge in [-0.05, 0) is 49.7 Å². The molecule has 2 aromatic carbocycles. The Morgan fingerprint density at radius 2 is 1.89 bits per heavy atom. The molecule has 5 rings (SSSR count). The Kier molecular flexibility index (Phi) is 6.07. The molecule has 0 radical (unpaired) electrons. The van der Waals surface area contributed by atoms with Gasteiger partial charge in [0.15, 0.2) is 0 Å². The first-order valence-electron chi connectivity index (χ1n) is 11.0. The molecular formula is C26H19ClFN5O3. The number of rotatable bonds is 5. The van der Waals surface area contributed by atoms with Gasteiger partial charge in [-0.3, -0.25) is 9.59 Å². The molecular weight excluding hydrogens is 485 g/mol. The van der Waals surface area contributed by atoms with E-state index in [0.29, 0.717) is 28.2 Å². The van der Waals surface area contributed by atoms with Crippen LogP contribution in [0.3, 0.4) is 0 Å². The average molecular weight is 504 g/mol. The number of carbonyl (C=O) groups excluding carboxylic acids is 1. The van der Waals surface area contributed by atoms with Crippen molar-refractivity contribution in [2.45, 2.75) is 20.4 Å². The predicted octanol–water partition coefficient (Wildman–Crippen LogP) is 5.16. The number of aromatic nitrogens is 4. The number of hydrogen-bond acceptors (Lipinski definition) is 6. The van der Waals surface area contributed by atoms with Crippen LogP contribution in [0.15, 0.2) is 70.1 Å². The van der Waals surface area contributed by atoms with Gasteiger partial charge >= 0.3 is 0 Å². The molecule has 0 aliphatic rings. The van der Waals surface area contributed by atoms with E-state index in [1.54, 1.807) is 19.1 Å². The molecule has 0 saturated carbocycles. The first-order chi connectivity index (χ1) is 17.3. The van der Waals surface area contributed by atoms with Crippen LogP contribution in [0, 0.1) is 19.7 Å². The fraction of sp³-hybridized carbons (Fsp3) is 0.115. The molecule has 0 unspecified atom stereocenters. The van der Waals surface area contributed by atoms with E-state index in [2.05, 4.69) is 20.4 Å². The van der Waals surface area contributed by atoms with Crippen LogP contribution in [0.4, 0.5) is 10.1 Å². The molecule has 1 amide bonds. The molecule has 0 spiro atoms. The first-order valence-corrected chi connectivity index (χ1v) is 11.3. The van der Waals surface area contributed by atoms with E-state index in [-0.39, 0.29) is 28.5 Å². The standard InChI is InChI=1S/C26H19ClFN5O3/c1-14-5-3-4-6-17(14)24-31-26(36-32-24)19-12-33(25-18(23(19)35)9-7-15(2)29-25)13-22(34)30-16-8-10-21(28)20(27)11-16/h3-12H,13H2,1-2H3,(H,30,34). The maximum Gasteiger partial charge on any atom is 0.263 e. The summed E-state index contributed by atoms with van der Waals surface area (Å²) < 4.78 is 20.5. The number of pyridine rings is 2. The lowest BCUT2D eigenvalue weighted by Gasteiger charge is -2.12. The zero-order chi connectivity index (χ0) is 25.4. The SMILES string of the molecule is Cc1ccc2c(=O)c(-c3nc(-c4ccccc4C)no3)cn(CC(=O)Nc3ccc(F)c(Cl)c3)c2n1. The summed E-state index contributed by atoms with van der Waals surface area (Å²) in [5.41, 5.74) is 2.86. The second-order valence-electron chi connectivity index (χ2n) is 8.24. The topological polar surface area (TPSA) is 103 Å². The minimum absolute atomic E-state index is 0.0280. The third-order valence-corrected chi connectivity index (χ3v) is 5.91. The van der Waals surface area contributed by atoms with Crippen LogP contribution in [-0.4, -0.2) is 25.6 Å². The maximum atomic E-state index is 13.5. The van der Waals surface area contributed by atoms with Crippen molar-refractivity contribution in [2.24, 2.45) is 0 Å². The summed E-state index contributed by atoms with van der Waals surface area (Å²) in [5.74, 6) is -0.639. The fourth-order valence-electron chi connectivity index (χ4n) is 3.83. The van der Waals surface area contributed by atoms with Crippen molar-refractivity contribution < 1.29 is 13.7 Å². The minimum Gasteiger partial charge on any atom is -0.333 e. The van der Waals surface area contributed by atoms with E-state index in [9.17, 15) is 14.0 Å². The highest BCUT2D eigenvalue weighted by Crippen LogP contribution is 2.25. The molecule has 3 aromatic heterocycles. The smallest absolute Gasteiger partial charge is 0.263 e. The van der Waals surface area contributed by atoms with E-state index < -0.39 is 11.7 Å².